The average Bonchev–Trinajstić information content (AvgIpc) is 2.59. The number of nitrogen functional groups attached to an aromatic ring is 1. The van der Waals surface area contributed by atoms with Gasteiger partial charge in [0.2, 0.25) is 0 Å². The van der Waals surface area contributed by atoms with Crippen LogP contribution in [0.4, 0.5) is 10.8 Å². The van der Waals surface area contributed by atoms with Crippen LogP contribution in [-0.2, 0) is 0 Å². The molecule has 0 saturated carbocycles. The molecule has 0 saturated heterocycles. The van der Waals surface area contributed by atoms with Crippen LogP contribution in [0.3, 0.4) is 0 Å². The van der Waals surface area contributed by atoms with Crippen LogP contribution in [0, 0.1) is 0 Å². The van der Waals surface area contributed by atoms with E-state index in [1.54, 1.807) is 11.3 Å². The van der Waals surface area contributed by atoms with Crippen molar-refractivity contribution >= 4 is 32.4 Å². The zero-order chi connectivity index (χ0) is 11.5. The van der Waals surface area contributed by atoms with E-state index < -0.39 is 0 Å². The third-order valence-electron chi connectivity index (χ3n) is 2.50. The Labute approximate surface area is 99.7 Å². The Morgan fingerprint density at radius 1 is 1.50 bits per heavy atom. The zero-order valence-corrected chi connectivity index (χ0v) is 10.5. The number of anilines is 2. The summed E-state index contributed by atoms with van der Waals surface area (Å²) in [6.45, 7) is 4.38. The number of nitrogens with zero attached hydrogens (tertiary/aromatic N) is 1. The number of aromatic nitrogens is 1. The summed E-state index contributed by atoms with van der Waals surface area (Å²) < 4.78 is 1.14. The molecule has 3 nitrogen and oxygen atoms in total. The number of fused-ring (bicyclic) bond motifs is 1. The van der Waals surface area contributed by atoms with Gasteiger partial charge in [-0.1, -0.05) is 24.7 Å². The Bertz CT molecular complexity index is 478. The number of hydrogen-bond donors (Lipinski definition) is 2. The first-order chi connectivity index (χ1) is 7.69. The highest BCUT2D eigenvalue weighted by Gasteiger charge is 2.06. The Kier molecular flexibility index (Phi) is 3.29. The molecule has 0 aliphatic rings. The minimum atomic E-state index is 0.475. The van der Waals surface area contributed by atoms with Gasteiger partial charge in [-0.25, -0.2) is 4.98 Å². The van der Waals surface area contributed by atoms with Gasteiger partial charge in [-0.3, -0.25) is 0 Å². The quantitative estimate of drug-likeness (QED) is 0.798. The molecule has 16 heavy (non-hydrogen) atoms. The summed E-state index contributed by atoms with van der Waals surface area (Å²) in [4.78, 5) is 4.53. The maximum absolute atomic E-state index is 5.74. The molecule has 0 fully saturated rings. The van der Waals surface area contributed by atoms with Gasteiger partial charge in [0.25, 0.3) is 0 Å². The molecule has 1 heterocycles. The lowest BCUT2D eigenvalue weighted by molar-refractivity contribution is 0.690. The molecule has 0 spiro atoms. The van der Waals surface area contributed by atoms with Crippen LogP contribution in [-0.4, -0.2) is 11.0 Å². The van der Waals surface area contributed by atoms with Crippen LogP contribution in [0.2, 0.25) is 0 Å². The highest BCUT2D eigenvalue weighted by molar-refractivity contribution is 7.22. The lowest BCUT2D eigenvalue weighted by atomic mass is 10.2. The Balaban J connectivity index is 2.19. The van der Waals surface area contributed by atoms with E-state index in [4.69, 9.17) is 5.73 Å². The normalized spacial score (nSPS) is 12.9. The Hall–Kier alpha value is -1.29. The second kappa shape index (κ2) is 4.70. The summed E-state index contributed by atoms with van der Waals surface area (Å²) >= 11 is 1.66. The molecule has 2 aromatic rings. The highest BCUT2D eigenvalue weighted by Crippen LogP contribution is 2.28. The van der Waals surface area contributed by atoms with Crippen LogP contribution in [0.5, 0.6) is 0 Å². The van der Waals surface area contributed by atoms with E-state index in [1.165, 1.54) is 6.42 Å². The maximum Gasteiger partial charge on any atom is 0.183 e. The van der Waals surface area contributed by atoms with Crippen LogP contribution in [0.25, 0.3) is 10.2 Å². The molecule has 0 amide bonds. The number of thiazole rings is 1. The van der Waals surface area contributed by atoms with Gasteiger partial charge in [-0.2, -0.15) is 0 Å². The lowest BCUT2D eigenvalue weighted by Gasteiger charge is -2.10. The van der Waals surface area contributed by atoms with E-state index in [9.17, 15) is 0 Å². The maximum atomic E-state index is 5.74. The zero-order valence-electron chi connectivity index (χ0n) is 9.66. The fraction of sp³-hybridized carbons (Fsp3) is 0.417. The molecule has 0 aliphatic carbocycles. The van der Waals surface area contributed by atoms with Crippen molar-refractivity contribution in [1.29, 1.82) is 0 Å². The molecular weight excluding hydrogens is 218 g/mol. The molecular formula is C12H17N3S. The van der Waals surface area contributed by atoms with Crippen LogP contribution >= 0.6 is 11.3 Å². The standard InChI is InChI=1S/C12H17N3S/c1-3-4-8(2)14-12-15-10-6-5-9(13)7-11(10)16-12/h5-8H,3-4,13H2,1-2H3,(H,14,15). The average molecular weight is 235 g/mol. The number of nitrogens with one attached hydrogen (secondary N) is 1. The monoisotopic (exact) mass is 235 g/mol. The second-order valence-corrected chi connectivity index (χ2v) is 5.11. The van der Waals surface area contributed by atoms with Gasteiger partial charge in [0.05, 0.1) is 10.2 Å². The summed E-state index contributed by atoms with van der Waals surface area (Å²) in [5.41, 5.74) is 7.56. The fourth-order valence-corrected chi connectivity index (χ4v) is 2.74. The van der Waals surface area contributed by atoms with Crippen molar-refractivity contribution in [3.63, 3.8) is 0 Å². The fourth-order valence-electron chi connectivity index (χ4n) is 1.72. The molecule has 0 radical (unpaired) electrons. The molecule has 3 N–H and O–H groups in total. The van der Waals surface area contributed by atoms with Gasteiger partial charge in [-0.05, 0) is 31.5 Å². The highest BCUT2D eigenvalue weighted by atomic mass is 32.1. The van der Waals surface area contributed by atoms with Gasteiger partial charge in [0.15, 0.2) is 5.13 Å². The first-order valence-corrected chi connectivity index (χ1v) is 6.43. The minimum absolute atomic E-state index is 0.475. The summed E-state index contributed by atoms with van der Waals surface area (Å²) in [5, 5.41) is 4.41. The first kappa shape index (κ1) is 11.2. The lowest BCUT2D eigenvalue weighted by Crippen LogP contribution is -2.13. The second-order valence-electron chi connectivity index (χ2n) is 4.08. The van der Waals surface area contributed by atoms with Crippen molar-refractivity contribution in [3.05, 3.63) is 18.2 Å². The predicted octanol–water partition coefficient (Wildman–Crippen LogP) is 3.48. The van der Waals surface area contributed by atoms with Crippen LogP contribution in [0.1, 0.15) is 26.7 Å². The number of nitrogens with two attached hydrogens (primary N) is 1. The summed E-state index contributed by atoms with van der Waals surface area (Å²) in [7, 11) is 0. The number of hydrogen-bond acceptors (Lipinski definition) is 4. The Morgan fingerprint density at radius 2 is 2.31 bits per heavy atom. The van der Waals surface area contributed by atoms with Crippen molar-refractivity contribution in [2.45, 2.75) is 32.7 Å². The van der Waals surface area contributed by atoms with E-state index in [2.05, 4.69) is 24.1 Å². The third-order valence-corrected chi connectivity index (χ3v) is 3.45. The van der Waals surface area contributed by atoms with E-state index >= 15 is 0 Å². The van der Waals surface area contributed by atoms with Gasteiger partial charge in [-0.15, -0.1) is 0 Å². The van der Waals surface area contributed by atoms with Crippen molar-refractivity contribution in [2.75, 3.05) is 11.1 Å². The van der Waals surface area contributed by atoms with E-state index in [-0.39, 0.29) is 0 Å². The molecule has 86 valence electrons. The van der Waals surface area contributed by atoms with Crippen LogP contribution in [0.15, 0.2) is 18.2 Å². The third kappa shape index (κ3) is 2.44. The van der Waals surface area contributed by atoms with Gasteiger partial charge in [0, 0.05) is 11.7 Å². The van der Waals surface area contributed by atoms with Crippen molar-refractivity contribution in [2.24, 2.45) is 0 Å². The molecule has 0 bridgehead atoms. The van der Waals surface area contributed by atoms with Gasteiger partial charge >= 0.3 is 0 Å². The first-order valence-electron chi connectivity index (χ1n) is 5.61. The molecule has 1 atom stereocenters. The molecule has 1 unspecified atom stereocenters. The van der Waals surface area contributed by atoms with Gasteiger partial charge in [0.1, 0.15) is 0 Å². The van der Waals surface area contributed by atoms with Crippen LogP contribution < -0.4 is 11.1 Å². The van der Waals surface area contributed by atoms with Crippen molar-refractivity contribution < 1.29 is 0 Å². The Morgan fingerprint density at radius 3 is 3.06 bits per heavy atom. The van der Waals surface area contributed by atoms with Crippen molar-refractivity contribution in [3.8, 4) is 0 Å². The summed E-state index contributed by atoms with van der Waals surface area (Å²) in [5.74, 6) is 0. The molecule has 0 aliphatic heterocycles. The summed E-state index contributed by atoms with van der Waals surface area (Å²) in [6.07, 6.45) is 2.35. The van der Waals surface area contributed by atoms with E-state index in [0.29, 0.717) is 6.04 Å². The smallest absolute Gasteiger partial charge is 0.183 e. The van der Waals surface area contributed by atoms with E-state index in [1.807, 2.05) is 18.2 Å². The molecule has 1 aromatic heterocycles. The minimum Gasteiger partial charge on any atom is -0.399 e. The number of rotatable bonds is 4. The SMILES string of the molecule is CCCC(C)Nc1nc2ccc(N)cc2s1. The van der Waals surface area contributed by atoms with Gasteiger partial charge < -0.3 is 11.1 Å². The summed E-state index contributed by atoms with van der Waals surface area (Å²) in [6, 6.07) is 6.31. The topological polar surface area (TPSA) is 50.9 Å². The predicted molar refractivity (Wildman–Crippen MR) is 72.0 cm³/mol. The molecule has 1 aromatic carbocycles. The van der Waals surface area contributed by atoms with E-state index in [0.717, 1.165) is 27.5 Å². The largest absolute Gasteiger partial charge is 0.399 e. The molecule has 4 heteroatoms. The van der Waals surface area contributed by atoms with Crippen molar-refractivity contribution in [1.82, 2.24) is 4.98 Å². The number of benzene rings is 1. The molecule has 2 rings (SSSR count).